The van der Waals surface area contributed by atoms with Crippen molar-refractivity contribution in [1.82, 2.24) is 0 Å². The smallest absolute Gasteiger partial charge is 0.451 e. The lowest BCUT2D eigenvalue weighted by atomic mass is 9.93. The number of hydrogen-bond acceptors (Lipinski definition) is 4. The minimum Gasteiger partial charge on any atom is -0.451 e. The van der Waals surface area contributed by atoms with Crippen molar-refractivity contribution in [3.63, 3.8) is 0 Å². The summed E-state index contributed by atoms with van der Waals surface area (Å²) in [6, 6.07) is 7.27. The van der Waals surface area contributed by atoms with Crippen LogP contribution in [-0.2, 0) is 20.0 Å². The molecular formula is C17H12F3NO3. The van der Waals surface area contributed by atoms with Gasteiger partial charge in [0.15, 0.2) is 5.60 Å². The minimum atomic E-state index is -4.74. The average Bonchev–Trinajstić information content (AvgIpc) is 3.09. The zero-order chi connectivity index (χ0) is 17.0. The summed E-state index contributed by atoms with van der Waals surface area (Å²) in [6.07, 6.45) is 0.224. The molecule has 2 unspecified atom stereocenters. The SMILES string of the molecule is O=C1CCC2(C=CC3=NC(c4ccccc4)(C(F)(F)F)OC3=C2)O1. The molecule has 1 aliphatic carbocycles. The summed E-state index contributed by atoms with van der Waals surface area (Å²) in [6.45, 7) is 0. The number of halogens is 3. The number of nitrogens with zero attached hydrogens (tertiary/aromatic N) is 1. The van der Waals surface area contributed by atoms with Crippen molar-refractivity contribution in [2.24, 2.45) is 4.99 Å². The summed E-state index contributed by atoms with van der Waals surface area (Å²) >= 11 is 0. The van der Waals surface area contributed by atoms with Gasteiger partial charge < -0.3 is 9.47 Å². The normalized spacial score (nSPS) is 31.4. The van der Waals surface area contributed by atoms with E-state index in [0.717, 1.165) is 0 Å². The highest BCUT2D eigenvalue weighted by Gasteiger charge is 2.63. The fraction of sp³-hybridized carbons (Fsp3) is 0.294. The van der Waals surface area contributed by atoms with Crippen molar-refractivity contribution in [3.05, 3.63) is 59.9 Å². The number of rotatable bonds is 1. The summed E-state index contributed by atoms with van der Waals surface area (Å²) in [5.74, 6) is -0.409. The number of allylic oxidation sites excluding steroid dienone is 1. The van der Waals surface area contributed by atoms with E-state index in [1.165, 1.54) is 36.4 Å². The van der Waals surface area contributed by atoms with Gasteiger partial charge in [0.2, 0.25) is 0 Å². The van der Waals surface area contributed by atoms with Crippen molar-refractivity contribution in [2.45, 2.75) is 30.3 Å². The van der Waals surface area contributed by atoms with E-state index in [4.69, 9.17) is 9.47 Å². The zero-order valence-electron chi connectivity index (χ0n) is 12.3. The van der Waals surface area contributed by atoms with Crippen LogP contribution in [0.2, 0.25) is 0 Å². The molecule has 1 fully saturated rings. The Labute approximate surface area is 135 Å². The van der Waals surface area contributed by atoms with E-state index >= 15 is 0 Å². The van der Waals surface area contributed by atoms with Gasteiger partial charge in [0.25, 0.3) is 0 Å². The van der Waals surface area contributed by atoms with Crippen molar-refractivity contribution < 1.29 is 27.4 Å². The van der Waals surface area contributed by atoms with E-state index in [1.54, 1.807) is 12.1 Å². The fourth-order valence-electron chi connectivity index (χ4n) is 3.07. The first-order chi connectivity index (χ1) is 11.3. The summed E-state index contributed by atoms with van der Waals surface area (Å²) in [4.78, 5) is 15.2. The van der Waals surface area contributed by atoms with E-state index < -0.39 is 17.5 Å². The highest BCUT2D eigenvalue weighted by atomic mass is 19.4. The summed E-state index contributed by atoms with van der Waals surface area (Å²) in [5.41, 5.74) is -3.84. The summed E-state index contributed by atoms with van der Waals surface area (Å²) in [7, 11) is 0. The molecule has 2 aliphatic heterocycles. The number of fused-ring (bicyclic) bond motifs is 1. The van der Waals surface area contributed by atoms with Gasteiger partial charge in [-0.15, -0.1) is 0 Å². The number of aliphatic imine (C=N–C) groups is 1. The highest BCUT2D eigenvalue weighted by molar-refractivity contribution is 6.09. The average molecular weight is 335 g/mol. The maximum Gasteiger partial charge on any atom is 0.455 e. The molecule has 2 atom stereocenters. The molecule has 0 saturated carbocycles. The second kappa shape index (κ2) is 4.72. The van der Waals surface area contributed by atoms with Crippen molar-refractivity contribution in [3.8, 4) is 0 Å². The number of carbonyl (C=O) groups is 1. The molecule has 1 saturated heterocycles. The highest BCUT2D eigenvalue weighted by Crippen LogP contribution is 2.50. The first-order valence-corrected chi connectivity index (χ1v) is 7.39. The van der Waals surface area contributed by atoms with E-state index in [2.05, 4.69) is 4.99 Å². The molecule has 1 aromatic carbocycles. The number of esters is 1. The first kappa shape index (κ1) is 15.0. The van der Waals surface area contributed by atoms with Gasteiger partial charge in [-0.05, 0) is 12.2 Å². The van der Waals surface area contributed by atoms with Crippen LogP contribution in [0.3, 0.4) is 0 Å². The topological polar surface area (TPSA) is 47.9 Å². The van der Waals surface area contributed by atoms with E-state index in [9.17, 15) is 18.0 Å². The number of carbonyl (C=O) groups excluding carboxylic acids is 1. The van der Waals surface area contributed by atoms with E-state index in [0.29, 0.717) is 6.42 Å². The quantitative estimate of drug-likeness (QED) is 0.739. The Balaban J connectivity index is 1.80. The number of alkyl halides is 3. The van der Waals surface area contributed by atoms with Gasteiger partial charge in [-0.25, -0.2) is 4.99 Å². The number of hydrogen-bond donors (Lipinski definition) is 0. The van der Waals surface area contributed by atoms with Gasteiger partial charge in [0.05, 0.1) is 6.42 Å². The zero-order valence-corrected chi connectivity index (χ0v) is 12.3. The maximum atomic E-state index is 13.8. The van der Waals surface area contributed by atoms with Gasteiger partial charge in [-0.3, -0.25) is 4.79 Å². The molecule has 24 heavy (non-hydrogen) atoms. The Kier molecular flexibility index (Phi) is 2.95. The first-order valence-electron chi connectivity index (χ1n) is 7.39. The lowest BCUT2D eigenvalue weighted by Gasteiger charge is -2.29. The summed E-state index contributed by atoms with van der Waals surface area (Å²) in [5, 5.41) is 0. The van der Waals surface area contributed by atoms with Gasteiger partial charge >= 0.3 is 17.9 Å². The molecule has 124 valence electrons. The van der Waals surface area contributed by atoms with Crippen LogP contribution >= 0.6 is 0 Å². The lowest BCUT2D eigenvalue weighted by molar-refractivity contribution is -0.262. The Morgan fingerprint density at radius 1 is 1.12 bits per heavy atom. The molecule has 0 aromatic heterocycles. The van der Waals surface area contributed by atoms with Crippen LogP contribution in [-0.4, -0.2) is 23.5 Å². The van der Waals surface area contributed by atoms with Crippen LogP contribution in [0.1, 0.15) is 18.4 Å². The van der Waals surface area contributed by atoms with Crippen molar-refractivity contribution >= 4 is 11.7 Å². The Bertz CT molecular complexity index is 797. The van der Waals surface area contributed by atoms with Crippen molar-refractivity contribution in [2.75, 3.05) is 0 Å². The standard InChI is InChI=1S/C17H12F3NO3/c18-17(19,20)16(11-4-2-1-3-5-11)21-12-6-8-15(10-13(12)23-16)9-7-14(22)24-15/h1-6,8,10H,7,9H2. The molecule has 0 N–H and O–H groups in total. The Morgan fingerprint density at radius 2 is 1.88 bits per heavy atom. The molecule has 0 bridgehead atoms. The maximum absolute atomic E-state index is 13.8. The summed E-state index contributed by atoms with van der Waals surface area (Å²) < 4.78 is 52.0. The van der Waals surface area contributed by atoms with Gasteiger partial charge in [-0.1, -0.05) is 30.3 Å². The molecule has 1 aromatic rings. The van der Waals surface area contributed by atoms with E-state index in [1.807, 2.05) is 0 Å². The largest absolute Gasteiger partial charge is 0.455 e. The lowest BCUT2D eigenvalue weighted by Crippen LogP contribution is -2.40. The van der Waals surface area contributed by atoms with Crippen LogP contribution in [0.25, 0.3) is 0 Å². The predicted molar refractivity (Wildman–Crippen MR) is 78.0 cm³/mol. The van der Waals surface area contributed by atoms with Gasteiger partial charge in [0, 0.05) is 18.1 Å². The van der Waals surface area contributed by atoms with Crippen LogP contribution in [0.4, 0.5) is 13.2 Å². The van der Waals surface area contributed by atoms with Crippen LogP contribution in [0.5, 0.6) is 0 Å². The third kappa shape index (κ3) is 2.07. The predicted octanol–water partition coefficient (Wildman–Crippen LogP) is 3.40. The van der Waals surface area contributed by atoms with Crippen LogP contribution in [0.15, 0.2) is 59.3 Å². The van der Waals surface area contributed by atoms with Crippen molar-refractivity contribution in [1.29, 1.82) is 0 Å². The second-order valence-corrected chi connectivity index (χ2v) is 5.88. The molecule has 3 aliphatic rings. The third-order valence-corrected chi connectivity index (χ3v) is 4.26. The molecule has 0 amide bonds. The molecule has 7 heteroatoms. The Morgan fingerprint density at radius 3 is 2.50 bits per heavy atom. The van der Waals surface area contributed by atoms with Crippen LogP contribution < -0.4 is 0 Å². The molecule has 0 radical (unpaired) electrons. The fourth-order valence-corrected chi connectivity index (χ4v) is 3.07. The van der Waals surface area contributed by atoms with Crippen LogP contribution in [0, 0.1) is 0 Å². The molecule has 2 heterocycles. The molecule has 4 rings (SSSR count). The van der Waals surface area contributed by atoms with E-state index in [-0.39, 0.29) is 29.4 Å². The Hall–Kier alpha value is -2.57. The third-order valence-electron chi connectivity index (χ3n) is 4.26. The number of benzene rings is 1. The van der Waals surface area contributed by atoms with Gasteiger partial charge in [0.1, 0.15) is 11.5 Å². The number of ether oxygens (including phenoxy) is 2. The molecule has 1 spiro atoms. The monoisotopic (exact) mass is 335 g/mol. The molecule has 4 nitrogen and oxygen atoms in total. The minimum absolute atomic E-state index is 0.0200. The van der Waals surface area contributed by atoms with Gasteiger partial charge in [-0.2, -0.15) is 13.2 Å². The second-order valence-electron chi connectivity index (χ2n) is 5.88. The molecular weight excluding hydrogens is 323 g/mol.